The van der Waals surface area contributed by atoms with E-state index in [1.165, 1.54) is 0 Å². The maximum atomic E-state index is 5.29. The zero-order valence-corrected chi connectivity index (χ0v) is 10.0. The van der Waals surface area contributed by atoms with Gasteiger partial charge in [-0.2, -0.15) is 0 Å². The monoisotopic (exact) mass is 232 g/mol. The highest BCUT2D eigenvalue weighted by Gasteiger charge is 2.18. The van der Waals surface area contributed by atoms with Gasteiger partial charge in [0.1, 0.15) is 0 Å². The number of nitrogens with one attached hydrogen (secondary N) is 1. The van der Waals surface area contributed by atoms with Crippen molar-refractivity contribution in [1.82, 2.24) is 10.3 Å². The predicted octanol–water partition coefficient (Wildman–Crippen LogP) is 2.38. The highest BCUT2D eigenvalue weighted by atomic mass is 16.5. The third-order valence-corrected chi connectivity index (χ3v) is 2.59. The Hall–Kier alpha value is -1.81. The Morgan fingerprint density at radius 3 is 3.00 bits per heavy atom. The fourth-order valence-electron chi connectivity index (χ4n) is 1.84. The molecule has 2 heterocycles. The zero-order chi connectivity index (χ0) is 12.1. The van der Waals surface area contributed by atoms with E-state index in [4.69, 9.17) is 9.15 Å². The quantitative estimate of drug-likeness (QED) is 0.859. The molecule has 90 valence electrons. The number of pyridine rings is 1. The van der Waals surface area contributed by atoms with Crippen LogP contribution in [-0.4, -0.2) is 18.6 Å². The largest absolute Gasteiger partial charge is 0.481 e. The molecular weight excluding hydrogens is 216 g/mol. The first-order valence-electron chi connectivity index (χ1n) is 5.61. The zero-order valence-electron chi connectivity index (χ0n) is 10.0. The third kappa shape index (κ3) is 2.47. The van der Waals surface area contributed by atoms with Gasteiger partial charge in [-0.1, -0.05) is 13.0 Å². The topological polar surface area (TPSA) is 47.3 Å². The van der Waals surface area contributed by atoms with Crippen LogP contribution >= 0.6 is 0 Å². The average Bonchev–Trinajstić information content (AvgIpc) is 2.89. The summed E-state index contributed by atoms with van der Waals surface area (Å²) >= 11 is 0. The molecular formula is C13H16N2O2. The second-order valence-electron chi connectivity index (χ2n) is 3.65. The molecule has 0 aliphatic heterocycles. The lowest BCUT2D eigenvalue weighted by molar-refractivity contribution is 0.387. The van der Waals surface area contributed by atoms with E-state index in [2.05, 4.69) is 17.2 Å². The summed E-state index contributed by atoms with van der Waals surface area (Å²) in [5.74, 6) is 0.639. The van der Waals surface area contributed by atoms with Crippen LogP contribution in [0.1, 0.15) is 24.1 Å². The van der Waals surface area contributed by atoms with Crippen molar-refractivity contribution in [1.29, 1.82) is 0 Å². The highest BCUT2D eigenvalue weighted by molar-refractivity contribution is 5.35. The molecule has 0 bridgehead atoms. The van der Waals surface area contributed by atoms with Crippen molar-refractivity contribution in [2.75, 3.05) is 13.7 Å². The van der Waals surface area contributed by atoms with E-state index in [-0.39, 0.29) is 6.04 Å². The smallest absolute Gasteiger partial charge is 0.218 e. The number of hydrogen-bond donors (Lipinski definition) is 1. The second-order valence-corrected chi connectivity index (χ2v) is 3.65. The van der Waals surface area contributed by atoms with Gasteiger partial charge in [-0.3, -0.25) is 0 Å². The first-order valence-corrected chi connectivity index (χ1v) is 5.61. The SMILES string of the molecule is CCNC(c1ccoc1)c1cccnc1OC. The van der Waals surface area contributed by atoms with Crippen LogP contribution in [0.2, 0.25) is 0 Å². The molecule has 1 N–H and O–H groups in total. The van der Waals surface area contributed by atoms with Crippen LogP contribution in [0, 0.1) is 0 Å². The summed E-state index contributed by atoms with van der Waals surface area (Å²) < 4.78 is 10.4. The van der Waals surface area contributed by atoms with Gasteiger partial charge in [0.25, 0.3) is 0 Å². The Kier molecular flexibility index (Phi) is 3.77. The van der Waals surface area contributed by atoms with Crippen LogP contribution in [0.15, 0.2) is 41.3 Å². The van der Waals surface area contributed by atoms with Crippen molar-refractivity contribution in [2.45, 2.75) is 13.0 Å². The minimum Gasteiger partial charge on any atom is -0.481 e. The van der Waals surface area contributed by atoms with Crippen molar-refractivity contribution in [3.8, 4) is 5.88 Å². The minimum absolute atomic E-state index is 0.0439. The van der Waals surface area contributed by atoms with Crippen molar-refractivity contribution >= 4 is 0 Å². The summed E-state index contributed by atoms with van der Waals surface area (Å²) in [6, 6.07) is 5.90. The van der Waals surface area contributed by atoms with Gasteiger partial charge < -0.3 is 14.5 Å². The molecule has 0 aliphatic carbocycles. The van der Waals surface area contributed by atoms with Crippen molar-refractivity contribution in [2.24, 2.45) is 0 Å². The summed E-state index contributed by atoms with van der Waals surface area (Å²) in [7, 11) is 1.63. The van der Waals surface area contributed by atoms with E-state index >= 15 is 0 Å². The first-order chi connectivity index (χ1) is 8.36. The molecule has 4 nitrogen and oxygen atoms in total. The van der Waals surface area contributed by atoms with Crippen LogP contribution in [0.4, 0.5) is 0 Å². The van der Waals surface area contributed by atoms with Gasteiger partial charge in [0, 0.05) is 17.3 Å². The van der Waals surface area contributed by atoms with Gasteiger partial charge in [-0.25, -0.2) is 4.98 Å². The molecule has 2 aromatic heterocycles. The summed E-state index contributed by atoms with van der Waals surface area (Å²) in [6.07, 6.45) is 5.13. The molecule has 0 amide bonds. The highest BCUT2D eigenvalue weighted by Crippen LogP contribution is 2.28. The summed E-state index contributed by atoms with van der Waals surface area (Å²) in [5, 5.41) is 3.40. The Morgan fingerprint density at radius 2 is 2.35 bits per heavy atom. The summed E-state index contributed by atoms with van der Waals surface area (Å²) in [5.41, 5.74) is 2.08. The number of rotatable bonds is 5. The van der Waals surface area contributed by atoms with Crippen LogP contribution < -0.4 is 10.1 Å². The molecule has 0 spiro atoms. The van der Waals surface area contributed by atoms with Crippen LogP contribution in [0.3, 0.4) is 0 Å². The molecule has 0 aliphatic rings. The fourth-order valence-corrected chi connectivity index (χ4v) is 1.84. The number of methoxy groups -OCH3 is 1. The Bertz CT molecular complexity index is 454. The molecule has 0 saturated heterocycles. The molecule has 0 aromatic carbocycles. The van der Waals surface area contributed by atoms with Gasteiger partial charge in [-0.15, -0.1) is 0 Å². The standard InChI is InChI=1S/C13H16N2O2/c1-3-14-12(10-6-8-17-9-10)11-5-4-7-15-13(11)16-2/h4-9,12,14H,3H2,1-2H3. The van der Waals surface area contributed by atoms with E-state index < -0.39 is 0 Å². The van der Waals surface area contributed by atoms with E-state index in [0.717, 1.165) is 17.7 Å². The second kappa shape index (κ2) is 5.50. The summed E-state index contributed by atoms with van der Waals surface area (Å²) in [6.45, 7) is 2.92. The lowest BCUT2D eigenvalue weighted by Crippen LogP contribution is -2.22. The first kappa shape index (κ1) is 11.7. The van der Waals surface area contributed by atoms with Crippen molar-refractivity contribution < 1.29 is 9.15 Å². The number of furan rings is 1. The Labute approximate surface area is 101 Å². The summed E-state index contributed by atoms with van der Waals surface area (Å²) in [4.78, 5) is 4.22. The number of aromatic nitrogens is 1. The molecule has 4 heteroatoms. The minimum atomic E-state index is 0.0439. The molecule has 1 unspecified atom stereocenters. The molecule has 0 saturated carbocycles. The maximum absolute atomic E-state index is 5.29. The van der Waals surface area contributed by atoms with Crippen LogP contribution in [0.25, 0.3) is 0 Å². The van der Waals surface area contributed by atoms with Gasteiger partial charge in [0.15, 0.2) is 0 Å². The van der Waals surface area contributed by atoms with Crippen LogP contribution in [-0.2, 0) is 0 Å². The normalized spacial score (nSPS) is 12.4. The Morgan fingerprint density at radius 1 is 1.47 bits per heavy atom. The Balaban J connectivity index is 2.39. The van der Waals surface area contributed by atoms with E-state index in [0.29, 0.717) is 5.88 Å². The maximum Gasteiger partial charge on any atom is 0.218 e. The van der Waals surface area contributed by atoms with Crippen molar-refractivity contribution in [3.63, 3.8) is 0 Å². The van der Waals surface area contributed by atoms with E-state index in [1.54, 1.807) is 25.8 Å². The predicted molar refractivity (Wildman–Crippen MR) is 65.0 cm³/mol. The number of nitrogens with zero attached hydrogens (tertiary/aromatic N) is 1. The van der Waals surface area contributed by atoms with Gasteiger partial charge in [0.05, 0.1) is 25.7 Å². The molecule has 2 aromatic rings. The molecule has 1 atom stereocenters. The van der Waals surface area contributed by atoms with Gasteiger partial charge >= 0.3 is 0 Å². The number of hydrogen-bond acceptors (Lipinski definition) is 4. The molecule has 17 heavy (non-hydrogen) atoms. The van der Waals surface area contributed by atoms with Gasteiger partial charge in [-0.05, 0) is 18.7 Å². The van der Waals surface area contributed by atoms with Gasteiger partial charge in [0.2, 0.25) is 5.88 Å². The fraction of sp³-hybridized carbons (Fsp3) is 0.308. The third-order valence-electron chi connectivity index (χ3n) is 2.59. The number of ether oxygens (including phenoxy) is 1. The molecule has 0 fully saturated rings. The average molecular weight is 232 g/mol. The van der Waals surface area contributed by atoms with Crippen LogP contribution in [0.5, 0.6) is 5.88 Å². The lowest BCUT2D eigenvalue weighted by atomic mass is 10.0. The molecule has 2 rings (SSSR count). The van der Waals surface area contributed by atoms with Crippen molar-refractivity contribution in [3.05, 3.63) is 48.0 Å². The van der Waals surface area contributed by atoms with E-state index in [1.807, 2.05) is 18.2 Å². The lowest BCUT2D eigenvalue weighted by Gasteiger charge is -2.18. The van der Waals surface area contributed by atoms with E-state index in [9.17, 15) is 0 Å². The molecule has 0 radical (unpaired) electrons.